The first-order chi connectivity index (χ1) is 12.9. The molecule has 1 aliphatic rings. The second kappa shape index (κ2) is 7.47. The Labute approximate surface area is 158 Å². The van der Waals surface area contributed by atoms with Gasteiger partial charge in [-0.2, -0.15) is 0 Å². The van der Waals surface area contributed by atoms with Gasteiger partial charge in [-0.25, -0.2) is 4.79 Å². The molecule has 1 aromatic heterocycles. The van der Waals surface area contributed by atoms with Gasteiger partial charge in [0, 0.05) is 23.9 Å². The van der Waals surface area contributed by atoms with Gasteiger partial charge >= 0.3 is 5.97 Å². The summed E-state index contributed by atoms with van der Waals surface area (Å²) in [5, 5.41) is 0. The highest BCUT2D eigenvalue weighted by atomic mass is 16.5. The summed E-state index contributed by atoms with van der Waals surface area (Å²) in [6.45, 7) is 6.21. The van der Waals surface area contributed by atoms with Gasteiger partial charge in [0.2, 0.25) is 0 Å². The van der Waals surface area contributed by atoms with Crippen molar-refractivity contribution in [1.29, 1.82) is 0 Å². The Kier molecular flexibility index (Phi) is 5.26. The molecule has 0 saturated carbocycles. The molecule has 6 nitrogen and oxygen atoms in total. The molecule has 27 heavy (non-hydrogen) atoms. The molecule has 2 aromatic rings. The minimum Gasteiger partial charge on any atom is -0.493 e. The molecule has 6 heteroatoms. The lowest BCUT2D eigenvalue weighted by atomic mass is 9.87. The lowest BCUT2D eigenvalue weighted by Crippen LogP contribution is -2.28. The van der Waals surface area contributed by atoms with Gasteiger partial charge < -0.3 is 18.8 Å². The number of ether oxygens (including phenoxy) is 3. The Hall–Kier alpha value is -2.76. The van der Waals surface area contributed by atoms with E-state index >= 15 is 0 Å². The number of aromatic nitrogens is 1. The second-order valence-electron chi connectivity index (χ2n) is 6.94. The maximum Gasteiger partial charge on any atom is 0.343 e. The van der Waals surface area contributed by atoms with Crippen LogP contribution >= 0.6 is 0 Å². The Balaban J connectivity index is 2.25. The number of carbonyl (C=O) groups is 1. The van der Waals surface area contributed by atoms with E-state index in [4.69, 9.17) is 14.2 Å². The first-order valence-electron chi connectivity index (χ1n) is 9.09. The molecule has 144 valence electrons. The highest BCUT2D eigenvalue weighted by Crippen LogP contribution is 2.42. The normalized spacial score (nSPS) is 15.1. The van der Waals surface area contributed by atoms with Crippen LogP contribution in [-0.2, 0) is 11.2 Å². The molecule has 0 radical (unpaired) electrons. The van der Waals surface area contributed by atoms with E-state index in [1.54, 1.807) is 27.3 Å². The first kappa shape index (κ1) is 19.0. The van der Waals surface area contributed by atoms with E-state index in [9.17, 15) is 9.59 Å². The Bertz CT molecular complexity index is 929. The van der Waals surface area contributed by atoms with Crippen LogP contribution < -0.4 is 14.9 Å². The summed E-state index contributed by atoms with van der Waals surface area (Å²) < 4.78 is 17.9. The summed E-state index contributed by atoms with van der Waals surface area (Å²) in [5.74, 6) is 0.992. The van der Waals surface area contributed by atoms with Crippen molar-refractivity contribution in [2.75, 3.05) is 20.8 Å². The van der Waals surface area contributed by atoms with Crippen molar-refractivity contribution in [3.8, 4) is 22.8 Å². The van der Waals surface area contributed by atoms with Gasteiger partial charge in [0.25, 0.3) is 0 Å². The third kappa shape index (κ3) is 3.31. The number of fused-ring (bicyclic) bond motifs is 3. The van der Waals surface area contributed by atoms with E-state index in [1.165, 1.54) is 6.07 Å². The van der Waals surface area contributed by atoms with E-state index in [2.05, 4.69) is 13.8 Å². The second-order valence-corrected chi connectivity index (χ2v) is 6.94. The molecule has 0 aliphatic carbocycles. The van der Waals surface area contributed by atoms with Crippen molar-refractivity contribution >= 4 is 5.97 Å². The Morgan fingerprint density at radius 1 is 1.19 bits per heavy atom. The number of rotatable bonds is 5. The monoisotopic (exact) mass is 371 g/mol. The average molecular weight is 371 g/mol. The summed E-state index contributed by atoms with van der Waals surface area (Å²) in [6, 6.07) is 5.49. The summed E-state index contributed by atoms with van der Waals surface area (Å²) in [4.78, 5) is 24.8. The van der Waals surface area contributed by atoms with Crippen molar-refractivity contribution in [3.63, 3.8) is 0 Å². The number of methoxy groups -OCH3 is 2. The van der Waals surface area contributed by atoms with Gasteiger partial charge in [0.15, 0.2) is 16.9 Å². The van der Waals surface area contributed by atoms with Crippen molar-refractivity contribution in [2.24, 2.45) is 5.92 Å². The van der Waals surface area contributed by atoms with Crippen molar-refractivity contribution < 1.29 is 19.0 Å². The van der Waals surface area contributed by atoms with Crippen LogP contribution in [0.5, 0.6) is 11.5 Å². The maximum absolute atomic E-state index is 12.6. The molecule has 0 spiro atoms. The number of hydrogen-bond acceptors (Lipinski definition) is 5. The number of hydrogen-bond donors (Lipinski definition) is 0. The predicted molar refractivity (Wildman–Crippen MR) is 103 cm³/mol. The van der Waals surface area contributed by atoms with Gasteiger partial charge in [-0.1, -0.05) is 13.8 Å². The molecule has 1 aliphatic heterocycles. The van der Waals surface area contributed by atoms with Crippen LogP contribution in [-0.4, -0.2) is 31.4 Å². The third-order valence-electron chi connectivity index (χ3n) is 5.02. The highest BCUT2D eigenvalue weighted by molar-refractivity contribution is 5.89. The van der Waals surface area contributed by atoms with E-state index in [1.807, 2.05) is 16.7 Å². The molecule has 0 bridgehead atoms. The molecule has 0 N–H and O–H groups in total. The third-order valence-corrected chi connectivity index (χ3v) is 5.02. The molecule has 1 aromatic carbocycles. The standard InChI is InChI=1S/C21H25NO5/c1-6-27-21(24)15-11-22-16(12(2)3)7-13-8-19(25-4)20(26-5)9-14(13)17(22)10-18(15)23/h8-12,16H,6-7H2,1-5H3/t16-/m0/s1. The molecule has 3 rings (SSSR count). The number of nitrogens with zero attached hydrogens (tertiary/aromatic N) is 1. The molecule has 0 unspecified atom stereocenters. The lowest BCUT2D eigenvalue weighted by Gasteiger charge is -2.33. The highest BCUT2D eigenvalue weighted by Gasteiger charge is 2.29. The molecule has 1 atom stereocenters. The predicted octanol–water partition coefficient (Wildman–Crippen LogP) is 3.46. The Morgan fingerprint density at radius 3 is 2.44 bits per heavy atom. The SMILES string of the molecule is CCOC(=O)c1cn2c(cc1=O)-c1cc(OC)c(OC)cc1C[C@H]2C(C)C. The van der Waals surface area contributed by atoms with Crippen LogP contribution in [0.25, 0.3) is 11.3 Å². The van der Waals surface area contributed by atoms with Crippen LogP contribution in [0.15, 0.2) is 29.2 Å². The summed E-state index contributed by atoms with van der Waals surface area (Å²) in [7, 11) is 3.19. The lowest BCUT2D eigenvalue weighted by molar-refractivity contribution is 0.0523. The zero-order chi connectivity index (χ0) is 19.7. The molecule has 0 amide bonds. The van der Waals surface area contributed by atoms with Crippen LogP contribution in [0.4, 0.5) is 0 Å². The fourth-order valence-corrected chi connectivity index (χ4v) is 3.61. The molecule has 2 heterocycles. The number of esters is 1. The van der Waals surface area contributed by atoms with Crippen molar-refractivity contribution in [1.82, 2.24) is 4.57 Å². The maximum atomic E-state index is 12.6. The average Bonchev–Trinajstić information content (AvgIpc) is 2.65. The minimum absolute atomic E-state index is 0.0650. The number of carbonyl (C=O) groups excluding carboxylic acids is 1. The number of pyridine rings is 1. The van der Waals surface area contributed by atoms with Crippen molar-refractivity contribution in [3.05, 3.63) is 45.7 Å². The summed E-state index contributed by atoms with van der Waals surface area (Å²) >= 11 is 0. The molecular weight excluding hydrogens is 346 g/mol. The molecular formula is C21H25NO5. The van der Waals surface area contributed by atoms with E-state index in [0.29, 0.717) is 17.4 Å². The molecule has 0 fully saturated rings. The molecule has 0 saturated heterocycles. The van der Waals surface area contributed by atoms with Crippen LogP contribution in [0.1, 0.15) is 42.7 Å². The van der Waals surface area contributed by atoms with E-state index < -0.39 is 5.97 Å². The fourth-order valence-electron chi connectivity index (χ4n) is 3.61. The van der Waals surface area contributed by atoms with Gasteiger partial charge in [-0.05, 0) is 37.0 Å². The zero-order valence-electron chi connectivity index (χ0n) is 16.4. The Morgan fingerprint density at radius 2 is 1.85 bits per heavy atom. The summed E-state index contributed by atoms with van der Waals surface area (Å²) in [6.07, 6.45) is 2.41. The fraction of sp³-hybridized carbons (Fsp3) is 0.429. The van der Waals surface area contributed by atoms with Crippen molar-refractivity contribution in [2.45, 2.75) is 33.2 Å². The van der Waals surface area contributed by atoms with Crippen LogP contribution in [0.2, 0.25) is 0 Å². The largest absolute Gasteiger partial charge is 0.493 e. The van der Waals surface area contributed by atoms with Gasteiger partial charge in [0.05, 0.1) is 26.5 Å². The van der Waals surface area contributed by atoms with E-state index in [-0.39, 0.29) is 23.6 Å². The smallest absolute Gasteiger partial charge is 0.343 e. The first-order valence-corrected chi connectivity index (χ1v) is 9.09. The van der Waals surface area contributed by atoms with Crippen LogP contribution in [0, 0.1) is 5.92 Å². The van der Waals surface area contributed by atoms with E-state index in [0.717, 1.165) is 23.2 Å². The zero-order valence-corrected chi connectivity index (χ0v) is 16.4. The van der Waals surface area contributed by atoms with Crippen LogP contribution in [0.3, 0.4) is 0 Å². The minimum atomic E-state index is -0.585. The quantitative estimate of drug-likeness (QED) is 0.753. The topological polar surface area (TPSA) is 66.8 Å². The summed E-state index contributed by atoms with van der Waals surface area (Å²) in [5.41, 5.74) is 2.50. The van der Waals surface area contributed by atoms with Gasteiger partial charge in [0.1, 0.15) is 5.56 Å². The van der Waals surface area contributed by atoms with Gasteiger partial charge in [-0.3, -0.25) is 4.79 Å². The number of benzene rings is 1. The van der Waals surface area contributed by atoms with Gasteiger partial charge in [-0.15, -0.1) is 0 Å².